The van der Waals surface area contributed by atoms with Crippen molar-refractivity contribution in [2.75, 3.05) is 22.9 Å². The minimum absolute atomic E-state index is 0.120. The van der Waals surface area contributed by atoms with E-state index in [2.05, 4.69) is 20.8 Å². The number of aromatic nitrogens is 2. The number of carbonyl (C=O) groups is 1. The summed E-state index contributed by atoms with van der Waals surface area (Å²) < 4.78 is 0. The fourth-order valence-corrected chi connectivity index (χ4v) is 2.59. The summed E-state index contributed by atoms with van der Waals surface area (Å²) in [4.78, 5) is 23.3. The average Bonchev–Trinajstić information content (AvgIpc) is 3.07. The molecule has 0 atom stereocenters. The number of amides is 1. The second-order valence-corrected chi connectivity index (χ2v) is 5.77. The molecule has 9 nitrogen and oxygen atoms in total. The monoisotopic (exact) mass is 354 g/mol. The number of anilines is 3. The lowest BCUT2D eigenvalue weighted by molar-refractivity contribution is -0.384. The molecule has 2 aromatic carbocycles. The van der Waals surface area contributed by atoms with Crippen molar-refractivity contribution < 1.29 is 9.72 Å². The number of nitro benzene ring substituents is 1. The van der Waals surface area contributed by atoms with Gasteiger partial charge in [0.2, 0.25) is 0 Å². The molecule has 1 aromatic heterocycles. The van der Waals surface area contributed by atoms with Gasteiger partial charge in [-0.05, 0) is 24.6 Å². The number of H-pyrrole nitrogens is 1. The Morgan fingerprint density at radius 1 is 1.35 bits per heavy atom. The van der Waals surface area contributed by atoms with Gasteiger partial charge in [0.05, 0.1) is 33.6 Å². The van der Waals surface area contributed by atoms with E-state index in [4.69, 9.17) is 5.73 Å². The van der Waals surface area contributed by atoms with Crippen molar-refractivity contribution in [3.63, 3.8) is 0 Å². The number of nitrogens with one attached hydrogen (secondary N) is 3. The van der Waals surface area contributed by atoms with E-state index in [0.29, 0.717) is 17.9 Å². The Morgan fingerprint density at radius 3 is 2.88 bits per heavy atom. The Bertz CT molecular complexity index is 982. The molecular formula is C17H18N6O3. The molecule has 0 bridgehead atoms. The van der Waals surface area contributed by atoms with Crippen molar-refractivity contribution >= 4 is 39.6 Å². The molecule has 26 heavy (non-hydrogen) atoms. The van der Waals surface area contributed by atoms with E-state index in [0.717, 1.165) is 17.3 Å². The second kappa shape index (κ2) is 7.09. The number of non-ortho nitro benzene ring substituents is 1. The normalized spacial score (nSPS) is 10.7. The molecule has 0 spiro atoms. The van der Waals surface area contributed by atoms with Crippen molar-refractivity contribution in [2.45, 2.75) is 13.3 Å². The van der Waals surface area contributed by atoms with E-state index in [1.807, 2.05) is 13.0 Å². The third-order valence-corrected chi connectivity index (χ3v) is 3.86. The standard InChI is InChI=1S/C17H18N6O3/c1-2-5-19-16-13(7-12(23(25)26)8-14(16)18)17(24)21-11-4-3-10-9-20-22-15(10)6-11/h3-4,6-9,19H,2,5,18H2,1H3,(H,20,22)(H,21,24). The van der Waals surface area contributed by atoms with Crippen molar-refractivity contribution in [2.24, 2.45) is 0 Å². The SMILES string of the molecule is CCCNc1c(N)cc([N+](=O)[O-])cc1C(=O)Nc1ccc2cn[nH]c2c1. The molecular weight excluding hydrogens is 336 g/mol. The van der Waals surface area contributed by atoms with Crippen molar-refractivity contribution in [3.05, 3.63) is 52.2 Å². The van der Waals surface area contributed by atoms with Crippen molar-refractivity contribution in [3.8, 4) is 0 Å². The van der Waals surface area contributed by atoms with E-state index in [9.17, 15) is 14.9 Å². The summed E-state index contributed by atoms with van der Waals surface area (Å²) in [6, 6.07) is 7.74. The number of hydrogen-bond donors (Lipinski definition) is 4. The molecule has 0 saturated carbocycles. The number of nitrogen functional groups attached to an aromatic ring is 1. The largest absolute Gasteiger partial charge is 0.397 e. The number of rotatable bonds is 6. The maximum atomic E-state index is 12.7. The number of nitrogens with zero attached hydrogens (tertiary/aromatic N) is 2. The summed E-state index contributed by atoms with van der Waals surface area (Å²) in [7, 11) is 0. The van der Waals surface area contributed by atoms with Crippen molar-refractivity contribution in [1.29, 1.82) is 0 Å². The van der Waals surface area contributed by atoms with Crippen LogP contribution in [0.4, 0.5) is 22.7 Å². The number of hydrogen-bond acceptors (Lipinski definition) is 6. The first kappa shape index (κ1) is 17.2. The topological polar surface area (TPSA) is 139 Å². The Labute approximate surface area is 148 Å². The van der Waals surface area contributed by atoms with E-state index in [1.54, 1.807) is 18.3 Å². The molecule has 0 aliphatic carbocycles. The van der Waals surface area contributed by atoms with Gasteiger partial charge in [-0.3, -0.25) is 20.0 Å². The third-order valence-electron chi connectivity index (χ3n) is 3.86. The number of benzene rings is 2. The smallest absolute Gasteiger partial charge is 0.272 e. The molecule has 0 saturated heterocycles. The Morgan fingerprint density at radius 2 is 2.15 bits per heavy atom. The van der Waals surface area contributed by atoms with E-state index < -0.39 is 10.8 Å². The minimum Gasteiger partial charge on any atom is -0.397 e. The van der Waals surface area contributed by atoms with Crippen LogP contribution in [0.3, 0.4) is 0 Å². The zero-order valence-corrected chi connectivity index (χ0v) is 14.1. The van der Waals surface area contributed by atoms with E-state index in [1.165, 1.54) is 12.1 Å². The number of fused-ring (bicyclic) bond motifs is 1. The number of aromatic amines is 1. The van der Waals surface area contributed by atoms with Gasteiger partial charge in [-0.2, -0.15) is 5.10 Å². The molecule has 0 aliphatic rings. The van der Waals surface area contributed by atoms with Gasteiger partial charge in [-0.15, -0.1) is 0 Å². The molecule has 1 amide bonds. The highest BCUT2D eigenvalue weighted by Gasteiger charge is 2.20. The predicted octanol–water partition coefficient (Wildman–Crippen LogP) is 3.13. The van der Waals surface area contributed by atoms with Crippen LogP contribution in [-0.4, -0.2) is 27.6 Å². The van der Waals surface area contributed by atoms with E-state index >= 15 is 0 Å². The fraction of sp³-hybridized carbons (Fsp3) is 0.176. The van der Waals surface area contributed by atoms with Crippen LogP contribution < -0.4 is 16.4 Å². The zero-order chi connectivity index (χ0) is 18.7. The summed E-state index contributed by atoms with van der Waals surface area (Å²) in [6.45, 7) is 2.55. The predicted molar refractivity (Wildman–Crippen MR) is 100 cm³/mol. The number of carbonyl (C=O) groups excluding carboxylic acids is 1. The lowest BCUT2D eigenvalue weighted by Crippen LogP contribution is -2.17. The van der Waals surface area contributed by atoms with Gasteiger partial charge in [-0.25, -0.2) is 0 Å². The molecule has 0 unspecified atom stereocenters. The van der Waals surface area contributed by atoms with Crippen LogP contribution in [0.1, 0.15) is 23.7 Å². The molecule has 1 heterocycles. The lowest BCUT2D eigenvalue weighted by Gasteiger charge is -2.14. The Kier molecular flexibility index (Phi) is 4.70. The molecule has 5 N–H and O–H groups in total. The lowest BCUT2D eigenvalue weighted by atomic mass is 10.1. The molecule has 3 aromatic rings. The second-order valence-electron chi connectivity index (χ2n) is 5.77. The van der Waals surface area contributed by atoms with Gasteiger partial charge in [-0.1, -0.05) is 6.92 Å². The number of nitro groups is 1. The first-order valence-electron chi connectivity index (χ1n) is 8.06. The molecule has 0 radical (unpaired) electrons. The Hall–Kier alpha value is -3.62. The van der Waals surface area contributed by atoms with Gasteiger partial charge < -0.3 is 16.4 Å². The molecule has 0 aliphatic heterocycles. The van der Waals surface area contributed by atoms with Gasteiger partial charge in [0.25, 0.3) is 11.6 Å². The van der Waals surface area contributed by atoms with Crippen LogP contribution in [0.5, 0.6) is 0 Å². The highest BCUT2D eigenvalue weighted by Crippen LogP contribution is 2.30. The van der Waals surface area contributed by atoms with Gasteiger partial charge in [0.15, 0.2) is 0 Å². The van der Waals surface area contributed by atoms with Crippen LogP contribution in [0.15, 0.2) is 36.5 Å². The van der Waals surface area contributed by atoms with Crippen LogP contribution in [-0.2, 0) is 0 Å². The zero-order valence-electron chi connectivity index (χ0n) is 14.1. The van der Waals surface area contributed by atoms with Crippen LogP contribution in [0.25, 0.3) is 10.9 Å². The summed E-state index contributed by atoms with van der Waals surface area (Å²) in [5.74, 6) is -0.488. The first-order chi connectivity index (χ1) is 12.5. The highest BCUT2D eigenvalue weighted by atomic mass is 16.6. The van der Waals surface area contributed by atoms with Crippen LogP contribution in [0.2, 0.25) is 0 Å². The fourth-order valence-electron chi connectivity index (χ4n) is 2.59. The first-order valence-corrected chi connectivity index (χ1v) is 8.06. The number of nitrogens with two attached hydrogens (primary N) is 1. The summed E-state index contributed by atoms with van der Waals surface area (Å²) >= 11 is 0. The van der Waals surface area contributed by atoms with Crippen molar-refractivity contribution in [1.82, 2.24) is 10.2 Å². The highest BCUT2D eigenvalue weighted by molar-refractivity contribution is 6.10. The summed E-state index contributed by atoms with van der Waals surface area (Å²) in [6.07, 6.45) is 2.49. The van der Waals surface area contributed by atoms with Gasteiger partial charge >= 0.3 is 0 Å². The summed E-state index contributed by atoms with van der Waals surface area (Å²) in [5.41, 5.74) is 7.67. The Balaban J connectivity index is 1.96. The van der Waals surface area contributed by atoms with Gasteiger partial charge in [0.1, 0.15) is 0 Å². The maximum absolute atomic E-state index is 12.7. The van der Waals surface area contributed by atoms with Crippen LogP contribution >= 0.6 is 0 Å². The average molecular weight is 354 g/mol. The summed E-state index contributed by atoms with van der Waals surface area (Å²) in [5, 5.41) is 24.6. The van der Waals surface area contributed by atoms with Gasteiger partial charge in [0, 0.05) is 29.8 Å². The maximum Gasteiger partial charge on any atom is 0.272 e. The third kappa shape index (κ3) is 3.41. The molecule has 0 fully saturated rings. The minimum atomic E-state index is -0.576. The molecule has 9 heteroatoms. The van der Waals surface area contributed by atoms with E-state index in [-0.39, 0.29) is 16.9 Å². The molecule has 3 rings (SSSR count). The quantitative estimate of drug-likeness (QED) is 0.305. The molecule has 134 valence electrons. The van der Waals surface area contributed by atoms with Crippen LogP contribution in [0, 0.1) is 10.1 Å².